The first-order chi connectivity index (χ1) is 9.70. The smallest absolute Gasteiger partial charge is 0.0471 e. The molecule has 1 heterocycles. The van der Waals surface area contributed by atoms with Gasteiger partial charge in [0.2, 0.25) is 0 Å². The highest BCUT2D eigenvalue weighted by atomic mass is 79.9. The van der Waals surface area contributed by atoms with E-state index in [-0.39, 0.29) is 0 Å². The SMILES string of the molecule is CCNCC1(c2ccccc2Br)CC2(CCOCC2)C1. The summed E-state index contributed by atoms with van der Waals surface area (Å²) in [6.07, 6.45) is 5.09. The lowest BCUT2D eigenvalue weighted by Crippen LogP contribution is -2.56. The summed E-state index contributed by atoms with van der Waals surface area (Å²) in [7, 11) is 0. The molecule has 0 amide bonds. The summed E-state index contributed by atoms with van der Waals surface area (Å²) in [5.41, 5.74) is 2.34. The van der Waals surface area contributed by atoms with Gasteiger partial charge in [0, 0.05) is 29.6 Å². The second kappa shape index (κ2) is 5.78. The Kier molecular flexibility index (Phi) is 4.21. The van der Waals surface area contributed by atoms with Crippen molar-refractivity contribution in [3.8, 4) is 0 Å². The minimum Gasteiger partial charge on any atom is -0.381 e. The van der Waals surface area contributed by atoms with Gasteiger partial charge in [-0.2, -0.15) is 0 Å². The van der Waals surface area contributed by atoms with E-state index in [1.807, 2.05) is 0 Å². The first-order valence-corrected chi connectivity index (χ1v) is 8.53. The van der Waals surface area contributed by atoms with Gasteiger partial charge in [-0.3, -0.25) is 0 Å². The highest BCUT2D eigenvalue weighted by molar-refractivity contribution is 9.10. The summed E-state index contributed by atoms with van der Waals surface area (Å²) in [6.45, 7) is 6.23. The average molecular weight is 338 g/mol. The van der Waals surface area contributed by atoms with Crippen molar-refractivity contribution in [1.82, 2.24) is 5.32 Å². The molecule has 110 valence electrons. The van der Waals surface area contributed by atoms with Crippen LogP contribution in [0.2, 0.25) is 0 Å². The van der Waals surface area contributed by atoms with Gasteiger partial charge >= 0.3 is 0 Å². The molecule has 1 N–H and O–H groups in total. The molecule has 2 nitrogen and oxygen atoms in total. The van der Waals surface area contributed by atoms with E-state index in [2.05, 4.69) is 52.4 Å². The third-order valence-electron chi connectivity index (χ3n) is 5.14. The maximum Gasteiger partial charge on any atom is 0.0471 e. The number of likely N-dealkylation sites (N-methyl/N-ethyl adjacent to an activating group) is 1. The van der Waals surface area contributed by atoms with E-state index in [9.17, 15) is 0 Å². The molecule has 0 radical (unpaired) electrons. The Morgan fingerprint density at radius 2 is 1.90 bits per heavy atom. The molecule has 2 aliphatic rings. The van der Waals surface area contributed by atoms with Crippen molar-refractivity contribution < 1.29 is 4.74 Å². The maximum absolute atomic E-state index is 5.55. The van der Waals surface area contributed by atoms with E-state index < -0.39 is 0 Å². The van der Waals surface area contributed by atoms with Gasteiger partial charge in [-0.1, -0.05) is 41.1 Å². The Labute approximate surface area is 130 Å². The molecule has 1 aliphatic heterocycles. The summed E-state index contributed by atoms with van der Waals surface area (Å²) < 4.78 is 6.82. The molecule has 20 heavy (non-hydrogen) atoms. The zero-order chi connectivity index (χ0) is 14.1. The Morgan fingerprint density at radius 3 is 2.55 bits per heavy atom. The zero-order valence-electron chi connectivity index (χ0n) is 12.3. The third kappa shape index (κ3) is 2.56. The molecule has 2 fully saturated rings. The van der Waals surface area contributed by atoms with Crippen LogP contribution in [-0.2, 0) is 10.2 Å². The fraction of sp³-hybridized carbons (Fsp3) is 0.647. The number of rotatable bonds is 4. The monoisotopic (exact) mass is 337 g/mol. The Bertz CT molecular complexity index is 460. The van der Waals surface area contributed by atoms with Gasteiger partial charge in [-0.15, -0.1) is 0 Å². The van der Waals surface area contributed by atoms with Crippen LogP contribution in [0.3, 0.4) is 0 Å². The van der Waals surface area contributed by atoms with Crippen molar-refractivity contribution >= 4 is 15.9 Å². The van der Waals surface area contributed by atoms with Crippen LogP contribution in [0, 0.1) is 5.41 Å². The Balaban J connectivity index is 1.83. The number of ether oxygens (including phenoxy) is 1. The van der Waals surface area contributed by atoms with Crippen LogP contribution in [0.15, 0.2) is 28.7 Å². The summed E-state index contributed by atoms with van der Waals surface area (Å²) >= 11 is 3.76. The molecule has 1 saturated carbocycles. The van der Waals surface area contributed by atoms with E-state index in [0.29, 0.717) is 10.8 Å². The lowest BCUT2D eigenvalue weighted by molar-refractivity contribution is -0.0737. The third-order valence-corrected chi connectivity index (χ3v) is 5.83. The number of hydrogen-bond acceptors (Lipinski definition) is 2. The van der Waals surface area contributed by atoms with Crippen molar-refractivity contribution in [2.75, 3.05) is 26.3 Å². The summed E-state index contributed by atoms with van der Waals surface area (Å²) in [5, 5.41) is 3.59. The molecule has 1 aromatic carbocycles. The minimum atomic E-state index is 0.313. The topological polar surface area (TPSA) is 21.3 Å². The predicted octanol–water partition coefficient (Wildman–Crippen LogP) is 3.89. The van der Waals surface area contributed by atoms with Crippen LogP contribution in [0.4, 0.5) is 0 Å². The molecule has 3 heteroatoms. The van der Waals surface area contributed by atoms with Crippen LogP contribution in [-0.4, -0.2) is 26.3 Å². The highest BCUT2D eigenvalue weighted by Gasteiger charge is 2.55. The molecule has 1 aliphatic carbocycles. The molecule has 0 bridgehead atoms. The van der Waals surface area contributed by atoms with Crippen LogP contribution in [0.5, 0.6) is 0 Å². The maximum atomic E-state index is 5.55. The number of nitrogens with one attached hydrogen (secondary N) is 1. The Hall–Kier alpha value is -0.380. The van der Waals surface area contributed by atoms with Crippen LogP contribution >= 0.6 is 15.9 Å². The Morgan fingerprint density at radius 1 is 1.20 bits per heavy atom. The van der Waals surface area contributed by atoms with E-state index in [1.54, 1.807) is 0 Å². The highest BCUT2D eigenvalue weighted by Crippen LogP contribution is 2.60. The normalized spacial score (nSPS) is 23.5. The molecule has 0 unspecified atom stereocenters. The van der Waals surface area contributed by atoms with Gasteiger partial charge in [-0.25, -0.2) is 0 Å². The lowest BCUT2D eigenvalue weighted by Gasteiger charge is -2.59. The molecule has 1 spiro atoms. The quantitative estimate of drug-likeness (QED) is 0.899. The van der Waals surface area contributed by atoms with E-state index in [0.717, 1.165) is 26.3 Å². The second-order valence-corrected chi connectivity index (χ2v) is 7.36. The molecule has 3 rings (SSSR count). The predicted molar refractivity (Wildman–Crippen MR) is 86.1 cm³/mol. The van der Waals surface area contributed by atoms with Crippen molar-refractivity contribution in [2.24, 2.45) is 5.41 Å². The van der Waals surface area contributed by atoms with Gasteiger partial charge in [0.05, 0.1) is 0 Å². The fourth-order valence-electron chi connectivity index (χ4n) is 4.21. The summed E-state index contributed by atoms with van der Waals surface area (Å²) in [6, 6.07) is 8.76. The van der Waals surface area contributed by atoms with Gasteiger partial charge in [0.25, 0.3) is 0 Å². The first kappa shape index (κ1) is 14.6. The summed E-state index contributed by atoms with van der Waals surface area (Å²) in [5.74, 6) is 0. The molecule has 0 aromatic heterocycles. The van der Waals surface area contributed by atoms with Crippen molar-refractivity contribution in [3.05, 3.63) is 34.3 Å². The van der Waals surface area contributed by atoms with Crippen molar-refractivity contribution in [3.63, 3.8) is 0 Å². The van der Waals surface area contributed by atoms with Gasteiger partial charge in [-0.05, 0) is 49.3 Å². The molecule has 1 saturated heterocycles. The number of halogens is 1. The molecular formula is C17H24BrNO. The molecular weight excluding hydrogens is 314 g/mol. The van der Waals surface area contributed by atoms with Crippen LogP contribution < -0.4 is 5.32 Å². The van der Waals surface area contributed by atoms with Crippen molar-refractivity contribution in [2.45, 2.75) is 38.0 Å². The van der Waals surface area contributed by atoms with Gasteiger partial charge in [0.15, 0.2) is 0 Å². The van der Waals surface area contributed by atoms with Crippen LogP contribution in [0.25, 0.3) is 0 Å². The van der Waals surface area contributed by atoms with Gasteiger partial charge < -0.3 is 10.1 Å². The van der Waals surface area contributed by atoms with Gasteiger partial charge in [0.1, 0.15) is 0 Å². The molecule has 1 aromatic rings. The number of benzene rings is 1. The van der Waals surface area contributed by atoms with Crippen LogP contribution in [0.1, 0.15) is 38.2 Å². The zero-order valence-corrected chi connectivity index (χ0v) is 13.8. The average Bonchev–Trinajstić information content (AvgIpc) is 2.44. The number of hydrogen-bond donors (Lipinski definition) is 1. The fourth-order valence-corrected chi connectivity index (χ4v) is 4.91. The molecule has 0 atom stereocenters. The minimum absolute atomic E-state index is 0.313. The van der Waals surface area contributed by atoms with E-state index in [4.69, 9.17) is 4.74 Å². The van der Waals surface area contributed by atoms with E-state index in [1.165, 1.54) is 35.7 Å². The van der Waals surface area contributed by atoms with Crippen molar-refractivity contribution in [1.29, 1.82) is 0 Å². The first-order valence-electron chi connectivity index (χ1n) is 7.73. The second-order valence-electron chi connectivity index (χ2n) is 6.51. The lowest BCUT2D eigenvalue weighted by atomic mass is 9.48. The summed E-state index contributed by atoms with van der Waals surface area (Å²) in [4.78, 5) is 0. The standard InChI is InChI=1S/C17H24BrNO/c1-2-19-13-17(14-5-3-4-6-15(14)18)11-16(12-17)7-9-20-10-8-16/h3-6,19H,2,7-13H2,1H3. The van der Waals surface area contributed by atoms with E-state index >= 15 is 0 Å². The largest absolute Gasteiger partial charge is 0.381 e.